The highest BCUT2D eigenvalue weighted by atomic mass is 16.5. The molecule has 0 heterocycles. The van der Waals surface area contributed by atoms with Gasteiger partial charge in [-0.15, -0.1) is 0 Å². The second-order valence-corrected chi connectivity index (χ2v) is 5.31. The molecule has 2 N–H and O–H groups in total. The molecule has 2 rings (SSSR count). The van der Waals surface area contributed by atoms with Gasteiger partial charge in [-0.2, -0.15) is 0 Å². The van der Waals surface area contributed by atoms with E-state index in [1.807, 2.05) is 26.0 Å². The number of hydrogen-bond acceptors (Lipinski definition) is 3. The van der Waals surface area contributed by atoms with Crippen LogP contribution in [-0.2, 0) is 19.3 Å². The van der Waals surface area contributed by atoms with E-state index in [1.165, 1.54) is 5.56 Å². The first-order chi connectivity index (χ1) is 10.0. The first-order valence-corrected chi connectivity index (χ1v) is 7.21. The average molecular weight is 286 g/mol. The van der Waals surface area contributed by atoms with Gasteiger partial charge in [-0.3, -0.25) is 0 Å². The number of aryl methyl sites for hydroxylation is 4. The van der Waals surface area contributed by atoms with Crippen molar-refractivity contribution in [2.45, 2.75) is 33.1 Å². The van der Waals surface area contributed by atoms with E-state index >= 15 is 0 Å². The Balaban J connectivity index is 2.16. The summed E-state index contributed by atoms with van der Waals surface area (Å²) in [6.07, 6.45) is 2.50. The quantitative estimate of drug-likeness (QED) is 0.879. The van der Waals surface area contributed by atoms with Crippen LogP contribution in [0.4, 0.5) is 0 Å². The van der Waals surface area contributed by atoms with E-state index in [0.717, 1.165) is 36.0 Å². The zero-order valence-corrected chi connectivity index (χ0v) is 12.8. The van der Waals surface area contributed by atoms with Crippen LogP contribution in [0.1, 0.15) is 29.2 Å². The van der Waals surface area contributed by atoms with Crippen molar-refractivity contribution in [3.8, 4) is 17.2 Å². The van der Waals surface area contributed by atoms with Crippen molar-refractivity contribution in [1.82, 2.24) is 0 Å². The molecular weight excluding hydrogens is 264 g/mol. The number of phenolic OH excluding ortho intramolecular Hbond substituents is 2. The Morgan fingerprint density at radius 2 is 1.62 bits per heavy atom. The van der Waals surface area contributed by atoms with E-state index in [1.54, 1.807) is 19.2 Å². The smallest absolute Gasteiger partial charge is 0.122 e. The molecule has 0 unspecified atom stereocenters. The number of hydrogen-bond donors (Lipinski definition) is 2. The second kappa shape index (κ2) is 6.53. The molecule has 0 fully saturated rings. The molecule has 0 spiro atoms. The number of phenols is 2. The topological polar surface area (TPSA) is 49.7 Å². The van der Waals surface area contributed by atoms with Crippen molar-refractivity contribution < 1.29 is 14.9 Å². The van der Waals surface area contributed by atoms with E-state index in [9.17, 15) is 10.2 Å². The highest BCUT2D eigenvalue weighted by Crippen LogP contribution is 2.26. The number of rotatable bonds is 5. The van der Waals surface area contributed by atoms with Gasteiger partial charge in [0.15, 0.2) is 0 Å². The van der Waals surface area contributed by atoms with E-state index in [-0.39, 0.29) is 5.75 Å². The fraction of sp³-hybridized carbons (Fsp3) is 0.333. The van der Waals surface area contributed by atoms with Crippen LogP contribution in [0, 0.1) is 6.92 Å². The fourth-order valence-electron chi connectivity index (χ4n) is 2.54. The van der Waals surface area contributed by atoms with Crippen molar-refractivity contribution in [2.24, 2.45) is 0 Å². The minimum Gasteiger partial charge on any atom is -0.508 e. The first-order valence-electron chi connectivity index (χ1n) is 7.21. The third-order valence-electron chi connectivity index (χ3n) is 3.71. The van der Waals surface area contributed by atoms with Crippen molar-refractivity contribution in [1.29, 1.82) is 0 Å². The van der Waals surface area contributed by atoms with Crippen molar-refractivity contribution >= 4 is 0 Å². The Hall–Kier alpha value is -2.16. The van der Waals surface area contributed by atoms with Gasteiger partial charge in [0.1, 0.15) is 17.2 Å². The number of ether oxygens (including phenoxy) is 1. The zero-order valence-electron chi connectivity index (χ0n) is 12.8. The third-order valence-corrected chi connectivity index (χ3v) is 3.71. The Labute approximate surface area is 125 Å². The second-order valence-electron chi connectivity index (χ2n) is 5.31. The lowest BCUT2D eigenvalue weighted by atomic mass is 9.98. The summed E-state index contributed by atoms with van der Waals surface area (Å²) < 4.78 is 5.17. The summed E-state index contributed by atoms with van der Waals surface area (Å²) in [5, 5.41) is 19.6. The standard InChI is InChI=1S/C18H22O3/c1-4-15-8-13(7-12(2)18(15)20)5-6-14-9-16(19)11-17(10-14)21-3/h7-11,19-20H,4-6H2,1-3H3. The van der Waals surface area contributed by atoms with Gasteiger partial charge in [0.25, 0.3) is 0 Å². The molecule has 3 nitrogen and oxygen atoms in total. The predicted molar refractivity (Wildman–Crippen MR) is 84.3 cm³/mol. The minimum atomic E-state index is 0.223. The highest BCUT2D eigenvalue weighted by molar-refractivity contribution is 5.43. The lowest BCUT2D eigenvalue weighted by Crippen LogP contribution is -1.96. The molecule has 3 heteroatoms. The first kappa shape index (κ1) is 15.2. The van der Waals surface area contributed by atoms with Gasteiger partial charge in [-0.05, 0) is 60.6 Å². The lowest BCUT2D eigenvalue weighted by Gasteiger charge is -2.10. The van der Waals surface area contributed by atoms with Gasteiger partial charge in [-0.1, -0.05) is 19.1 Å². The molecule has 2 aromatic carbocycles. The van der Waals surface area contributed by atoms with Crippen LogP contribution in [-0.4, -0.2) is 17.3 Å². The van der Waals surface area contributed by atoms with Crippen LogP contribution in [0.2, 0.25) is 0 Å². The third kappa shape index (κ3) is 3.69. The normalized spacial score (nSPS) is 10.6. The maximum atomic E-state index is 9.96. The molecule has 0 radical (unpaired) electrons. The maximum Gasteiger partial charge on any atom is 0.122 e. The Morgan fingerprint density at radius 1 is 0.952 bits per heavy atom. The van der Waals surface area contributed by atoms with Gasteiger partial charge < -0.3 is 14.9 Å². The van der Waals surface area contributed by atoms with E-state index in [4.69, 9.17) is 4.74 Å². The van der Waals surface area contributed by atoms with Crippen LogP contribution >= 0.6 is 0 Å². The van der Waals surface area contributed by atoms with Crippen LogP contribution in [0.3, 0.4) is 0 Å². The zero-order chi connectivity index (χ0) is 15.4. The summed E-state index contributed by atoms with van der Waals surface area (Å²) in [5.74, 6) is 1.29. The fourth-order valence-corrected chi connectivity index (χ4v) is 2.54. The van der Waals surface area contributed by atoms with E-state index in [2.05, 4.69) is 6.07 Å². The molecule has 112 valence electrons. The molecule has 2 aromatic rings. The maximum absolute atomic E-state index is 9.96. The molecule has 0 aliphatic heterocycles. The number of benzene rings is 2. The highest BCUT2D eigenvalue weighted by Gasteiger charge is 2.07. The van der Waals surface area contributed by atoms with Crippen molar-refractivity contribution in [3.05, 3.63) is 52.6 Å². The lowest BCUT2D eigenvalue weighted by molar-refractivity contribution is 0.407. The summed E-state index contributed by atoms with van der Waals surface area (Å²) in [6, 6.07) is 9.38. The van der Waals surface area contributed by atoms with E-state index in [0.29, 0.717) is 11.5 Å². The van der Waals surface area contributed by atoms with Crippen LogP contribution in [0.5, 0.6) is 17.2 Å². The minimum absolute atomic E-state index is 0.223. The largest absolute Gasteiger partial charge is 0.508 e. The molecule has 0 bridgehead atoms. The molecule has 0 aliphatic carbocycles. The summed E-state index contributed by atoms with van der Waals surface area (Å²) >= 11 is 0. The molecule has 0 saturated heterocycles. The molecular formula is C18H22O3. The average Bonchev–Trinajstić information content (AvgIpc) is 2.47. The SMILES string of the molecule is CCc1cc(CCc2cc(O)cc(OC)c2)cc(C)c1O. The Bertz CT molecular complexity index is 633. The van der Waals surface area contributed by atoms with Crippen LogP contribution < -0.4 is 4.74 Å². The van der Waals surface area contributed by atoms with Gasteiger partial charge >= 0.3 is 0 Å². The molecule has 0 aliphatic rings. The van der Waals surface area contributed by atoms with Crippen molar-refractivity contribution in [2.75, 3.05) is 7.11 Å². The number of methoxy groups -OCH3 is 1. The van der Waals surface area contributed by atoms with Gasteiger partial charge in [0.2, 0.25) is 0 Å². The summed E-state index contributed by atoms with van der Waals surface area (Å²) in [4.78, 5) is 0. The van der Waals surface area contributed by atoms with Gasteiger partial charge in [0, 0.05) is 6.07 Å². The van der Waals surface area contributed by atoms with Gasteiger partial charge in [0.05, 0.1) is 7.11 Å². The Morgan fingerprint density at radius 3 is 2.24 bits per heavy atom. The monoisotopic (exact) mass is 286 g/mol. The summed E-state index contributed by atoms with van der Waals surface area (Å²) in [7, 11) is 1.59. The molecule has 21 heavy (non-hydrogen) atoms. The number of aromatic hydroxyl groups is 2. The van der Waals surface area contributed by atoms with Crippen molar-refractivity contribution in [3.63, 3.8) is 0 Å². The molecule has 0 atom stereocenters. The predicted octanol–water partition coefficient (Wildman–Crippen LogP) is 3.76. The Kier molecular flexibility index (Phi) is 4.73. The van der Waals surface area contributed by atoms with E-state index < -0.39 is 0 Å². The molecule has 0 saturated carbocycles. The molecule has 0 amide bonds. The summed E-state index contributed by atoms with van der Waals surface area (Å²) in [5.41, 5.74) is 4.14. The summed E-state index contributed by atoms with van der Waals surface area (Å²) in [6.45, 7) is 3.97. The van der Waals surface area contributed by atoms with Crippen LogP contribution in [0.25, 0.3) is 0 Å². The van der Waals surface area contributed by atoms with Crippen LogP contribution in [0.15, 0.2) is 30.3 Å². The molecule has 0 aromatic heterocycles. The van der Waals surface area contributed by atoms with Gasteiger partial charge in [-0.25, -0.2) is 0 Å².